The average Bonchev–Trinajstić information content (AvgIpc) is 2.57. The second-order valence-electron chi connectivity index (χ2n) is 6.36. The van der Waals surface area contributed by atoms with Crippen LogP contribution in [0, 0.1) is 12.8 Å². The maximum Gasteiger partial charge on any atom is 0.252 e. The zero-order valence-corrected chi connectivity index (χ0v) is 15.4. The van der Waals surface area contributed by atoms with E-state index < -0.39 is 6.04 Å². The van der Waals surface area contributed by atoms with Gasteiger partial charge in [-0.05, 0) is 42.2 Å². The summed E-state index contributed by atoms with van der Waals surface area (Å²) >= 11 is 5.95. The van der Waals surface area contributed by atoms with Gasteiger partial charge in [0.05, 0.1) is 0 Å². The van der Waals surface area contributed by atoms with Gasteiger partial charge in [-0.2, -0.15) is 0 Å². The molecule has 2 aromatic carbocycles. The van der Waals surface area contributed by atoms with Crippen molar-refractivity contribution in [3.8, 4) is 0 Å². The second-order valence-corrected chi connectivity index (χ2v) is 6.79. The van der Waals surface area contributed by atoms with E-state index in [1.807, 2.05) is 51.1 Å². The Morgan fingerprint density at radius 1 is 1.08 bits per heavy atom. The molecule has 0 saturated carbocycles. The molecule has 0 aliphatic rings. The van der Waals surface area contributed by atoms with Crippen molar-refractivity contribution < 1.29 is 9.59 Å². The van der Waals surface area contributed by atoms with Crippen molar-refractivity contribution in [1.82, 2.24) is 10.6 Å². The van der Waals surface area contributed by atoms with E-state index in [2.05, 4.69) is 10.6 Å². The van der Waals surface area contributed by atoms with Crippen molar-refractivity contribution in [2.75, 3.05) is 0 Å². The Bertz CT molecular complexity index is 759. The van der Waals surface area contributed by atoms with Crippen molar-refractivity contribution >= 4 is 23.4 Å². The van der Waals surface area contributed by atoms with Crippen molar-refractivity contribution in [1.29, 1.82) is 0 Å². The Balaban J connectivity index is 2.03. The molecule has 0 aromatic heterocycles. The van der Waals surface area contributed by atoms with Crippen molar-refractivity contribution in [3.63, 3.8) is 0 Å². The number of rotatable bonds is 6. The lowest BCUT2D eigenvalue weighted by Crippen LogP contribution is -2.49. The van der Waals surface area contributed by atoms with Crippen LogP contribution in [0.15, 0.2) is 48.5 Å². The van der Waals surface area contributed by atoms with Crippen LogP contribution < -0.4 is 10.6 Å². The van der Waals surface area contributed by atoms with Crippen LogP contribution in [0.2, 0.25) is 5.02 Å². The lowest BCUT2D eigenvalue weighted by Gasteiger charge is -2.22. The molecule has 132 valence electrons. The molecule has 0 unspecified atom stereocenters. The fourth-order valence-electron chi connectivity index (χ4n) is 2.53. The van der Waals surface area contributed by atoms with Gasteiger partial charge in [-0.1, -0.05) is 55.8 Å². The molecule has 5 heteroatoms. The zero-order valence-electron chi connectivity index (χ0n) is 14.7. The van der Waals surface area contributed by atoms with Gasteiger partial charge in [-0.25, -0.2) is 0 Å². The number of carbonyl (C=O) groups excluding carboxylic acids is 2. The number of carbonyl (C=O) groups is 2. The third-order valence-corrected chi connectivity index (χ3v) is 4.22. The first kappa shape index (κ1) is 19.0. The number of amides is 2. The average molecular weight is 359 g/mol. The van der Waals surface area contributed by atoms with E-state index in [1.165, 1.54) is 0 Å². The Hall–Kier alpha value is -2.33. The van der Waals surface area contributed by atoms with Gasteiger partial charge in [0.1, 0.15) is 6.04 Å². The molecule has 0 heterocycles. The highest BCUT2D eigenvalue weighted by atomic mass is 35.5. The van der Waals surface area contributed by atoms with Crippen LogP contribution in [0.3, 0.4) is 0 Å². The molecule has 0 bridgehead atoms. The van der Waals surface area contributed by atoms with Gasteiger partial charge in [0.25, 0.3) is 5.91 Å². The third-order valence-electron chi connectivity index (χ3n) is 3.98. The monoisotopic (exact) mass is 358 g/mol. The summed E-state index contributed by atoms with van der Waals surface area (Å²) in [6, 6.07) is 14.0. The Labute approximate surface area is 153 Å². The Morgan fingerprint density at radius 3 is 2.44 bits per heavy atom. The van der Waals surface area contributed by atoms with Gasteiger partial charge in [-0.15, -0.1) is 0 Å². The third kappa shape index (κ3) is 5.33. The van der Waals surface area contributed by atoms with Gasteiger partial charge in [0.15, 0.2) is 0 Å². The number of nitrogens with one attached hydrogen (secondary N) is 2. The predicted octanol–water partition coefficient (Wildman–Crippen LogP) is 3.72. The summed E-state index contributed by atoms with van der Waals surface area (Å²) in [7, 11) is 0. The first-order chi connectivity index (χ1) is 11.9. The normalized spacial score (nSPS) is 11.9. The highest BCUT2D eigenvalue weighted by Crippen LogP contribution is 2.12. The van der Waals surface area contributed by atoms with Crippen molar-refractivity contribution in [3.05, 3.63) is 70.2 Å². The molecule has 0 saturated heterocycles. The SMILES string of the molecule is Cc1ccccc1C(=O)N[C@H](C(=O)NCc1cccc(Cl)c1)C(C)C. The maximum atomic E-state index is 12.5. The summed E-state index contributed by atoms with van der Waals surface area (Å²) in [5.74, 6) is -0.487. The first-order valence-electron chi connectivity index (χ1n) is 8.27. The molecule has 2 N–H and O–H groups in total. The molecular weight excluding hydrogens is 336 g/mol. The molecule has 0 aliphatic heterocycles. The van der Waals surface area contributed by atoms with Crippen LogP contribution in [0.25, 0.3) is 0 Å². The summed E-state index contributed by atoms with van der Waals surface area (Å²) in [4.78, 5) is 25.0. The molecule has 2 aromatic rings. The number of halogens is 1. The first-order valence-corrected chi connectivity index (χ1v) is 8.65. The van der Waals surface area contributed by atoms with Crippen LogP contribution in [0.5, 0.6) is 0 Å². The van der Waals surface area contributed by atoms with E-state index in [9.17, 15) is 9.59 Å². The largest absolute Gasteiger partial charge is 0.350 e. The van der Waals surface area contributed by atoms with Crippen LogP contribution in [0.4, 0.5) is 0 Å². The number of hydrogen-bond acceptors (Lipinski definition) is 2. The van der Waals surface area contributed by atoms with Gasteiger partial charge in [0, 0.05) is 17.1 Å². The minimum atomic E-state index is -0.605. The van der Waals surface area contributed by atoms with E-state index in [0.29, 0.717) is 17.1 Å². The lowest BCUT2D eigenvalue weighted by atomic mass is 10.0. The molecule has 2 rings (SSSR count). The molecule has 25 heavy (non-hydrogen) atoms. The topological polar surface area (TPSA) is 58.2 Å². The summed E-state index contributed by atoms with van der Waals surface area (Å²) in [5, 5.41) is 6.34. The smallest absolute Gasteiger partial charge is 0.252 e. The molecule has 0 fully saturated rings. The summed E-state index contributed by atoms with van der Waals surface area (Å²) < 4.78 is 0. The maximum absolute atomic E-state index is 12.5. The van der Waals surface area contributed by atoms with E-state index in [-0.39, 0.29) is 17.7 Å². The summed E-state index contributed by atoms with van der Waals surface area (Å²) in [6.07, 6.45) is 0. The molecule has 0 spiro atoms. The van der Waals surface area contributed by atoms with E-state index in [0.717, 1.165) is 11.1 Å². The second kappa shape index (κ2) is 8.67. The number of hydrogen-bond donors (Lipinski definition) is 2. The van der Waals surface area contributed by atoms with Crippen LogP contribution in [-0.4, -0.2) is 17.9 Å². The number of benzene rings is 2. The Kier molecular flexibility index (Phi) is 6.59. The zero-order chi connectivity index (χ0) is 18.4. The van der Waals surface area contributed by atoms with E-state index in [1.54, 1.807) is 18.2 Å². The molecular formula is C20H23ClN2O2. The van der Waals surface area contributed by atoms with Gasteiger partial charge in [-0.3, -0.25) is 9.59 Å². The van der Waals surface area contributed by atoms with Gasteiger partial charge < -0.3 is 10.6 Å². The fourth-order valence-corrected chi connectivity index (χ4v) is 2.74. The van der Waals surface area contributed by atoms with Gasteiger partial charge in [0.2, 0.25) is 5.91 Å². The number of aryl methyl sites for hydroxylation is 1. The fraction of sp³-hybridized carbons (Fsp3) is 0.300. The van der Waals surface area contributed by atoms with Crippen molar-refractivity contribution in [2.24, 2.45) is 5.92 Å². The molecule has 2 amide bonds. The van der Waals surface area contributed by atoms with Crippen LogP contribution in [-0.2, 0) is 11.3 Å². The minimum Gasteiger partial charge on any atom is -0.350 e. The van der Waals surface area contributed by atoms with E-state index >= 15 is 0 Å². The molecule has 0 radical (unpaired) electrons. The van der Waals surface area contributed by atoms with E-state index in [4.69, 9.17) is 11.6 Å². The predicted molar refractivity (Wildman–Crippen MR) is 101 cm³/mol. The molecule has 0 aliphatic carbocycles. The highest BCUT2D eigenvalue weighted by molar-refractivity contribution is 6.30. The minimum absolute atomic E-state index is 0.0349. The summed E-state index contributed by atoms with van der Waals surface area (Å²) in [5.41, 5.74) is 2.37. The summed E-state index contributed by atoms with van der Waals surface area (Å²) in [6.45, 7) is 6.05. The quantitative estimate of drug-likeness (QED) is 0.826. The standard InChI is InChI=1S/C20H23ClN2O2/c1-13(2)18(23-19(24)17-10-5-4-7-14(17)3)20(25)22-12-15-8-6-9-16(21)11-15/h4-11,13,18H,12H2,1-3H3,(H,22,25)(H,23,24)/t18-/m0/s1. The highest BCUT2D eigenvalue weighted by Gasteiger charge is 2.24. The Morgan fingerprint density at radius 2 is 1.80 bits per heavy atom. The lowest BCUT2D eigenvalue weighted by molar-refractivity contribution is -0.124. The van der Waals surface area contributed by atoms with Gasteiger partial charge >= 0.3 is 0 Å². The van der Waals surface area contributed by atoms with Crippen LogP contribution >= 0.6 is 11.6 Å². The molecule has 4 nitrogen and oxygen atoms in total. The molecule has 1 atom stereocenters. The van der Waals surface area contributed by atoms with Crippen molar-refractivity contribution in [2.45, 2.75) is 33.4 Å². The van der Waals surface area contributed by atoms with Crippen LogP contribution in [0.1, 0.15) is 35.3 Å².